The van der Waals surface area contributed by atoms with Crippen molar-refractivity contribution in [1.29, 1.82) is 0 Å². The number of para-hydroxylation sites is 1. The topological polar surface area (TPSA) is 135 Å². The summed E-state index contributed by atoms with van der Waals surface area (Å²) in [5.41, 5.74) is 1.17. The molecule has 0 radical (unpaired) electrons. The van der Waals surface area contributed by atoms with Crippen LogP contribution in [0.15, 0.2) is 48.8 Å². The van der Waals surface area contributed by atoms with E-state index >= 15 is 0 Å². The van der Waals surface area contributed by atoms with Crippen LogP contribution in [0.25, 0.3) is 5.65 Å². The molecule has 2 aliphatic heterocycles. The van der Waals surface area contributed by atoms with Gasteiger partial charge in [0.1, 0.15) is 22.8 Å². The van der Waals surface area contributed by atoms with E-state index in [0.717, 1.165) is 17.3 Å². The Morgan fingerprint density at radius 3 is 2.57 bits per heavy atom. The molecule has 0 bridgehead atoms. The molecule has 0 unspecified atom stereocenters. The fourth-order valence-electron chi connectivity index (χ4n) is 5.96. The van der Waals surface area contributed by atoms with Crippen LogP contribution in [0.1, 0.15) is 57.5 Å². The van der Waals surface area contributed by atoms with Crippen LogP contribution >= 0.6 is 0 Å². The molecular formula is C30H28F2N6O5S. The Kier molecular flexibility index (Phi) is 6.57. The Hall–Kier alpha value is -4.59. The summed E-state index contributed by atoms with van der Waals surface area (Å²) >= 11 is 0. The molecule has 2 amide bonds. The van der Waals surface area contributed by atoms with E-state index in [-0.39, 0.29) is 34.0 Å². The lowest BCUT2D eigenvalue weighted by atomic mass is 9.74. The Morgan fingerprint density at radius 1 is 1.05 bits per heavy atom. The number of aromatic nitrogens is 3. The minimum atomic E-state index is -3.84. The second-order valence-electron chi connectivity index (χ2n) is 11.6. The third-order valence-electron chi connectivity index (χ3n) is 8.61. The fourth-order valence-corrected chi connectivity index (χ4v) is 7.25. The number of amides is 2. The van der Waals surface area contributed by atoms with E-state index in [1.165, 1.54) is 22.8 Å². The molecule has 7 rings (SSSR count). The average molecular weight is 623 g/mol. The van der Waals surface area contributed by atoms with Gasteiger partial charge in [0.15, 0.2) is 17.2 Å². The standard InChI is InChI=1S/C30H28F2N6O5S/c1-17-5-8-22(31)24(13-17)35-27-20(14-33-26-19(15-34-38(26)27)28(39)36-44(41,42)18-6-7-18)29(40)37-11-9-30(10-12-37)16-43-25-21(30)3-2-4-23(25)32/h2-5,8,13-15,18,35H,6-7,9-12,16H2,1H3,(H,36,39). The number of sulfonamides is 1. The van der Waals surface area contributed by atoms with Gasteiger partial charge in [0.25, 0.3) is 11.8 Å². The molecule has 2 aromatic heterocycles. The third-order valence-corrected chi connectivity index (χ3v) is 10.4. The Bertz CT molecular complexity index is 1950. The van der Waals surface area contributed by atoms with Gasteiger partial charge in [-0.15, -0.1) is 0 Å². The third kappa shape index (κ3) is 4.73. The van der Waals surface area contributed by atoms with Gasteiger partial charge >= 0.3 is 0 Å². The number of hydrogen-bond acceptors (Lipinski definition) is 8. The number of nitrogens with one attached hydrogen (secondary N) is 2. The van der Waals surface area contributed by atoms with Crippen molar-refractivity contribution >= 4 is 39.0 Å². The van der Waals surface area contributed by atoms with Crippen molar-refractivity contribution in [1.82, 2.24) is 24.2 Å². The number of ether oxygens (including phenoxy) is 1. The largest absolute Gasteiger partial charge is 0.489 e. The number of nitrogens with zero attached hydrogens (tertiary/aromatic N) is 4. The molecule has 2 fully saturated rings. The van der Waals surface area contributed by atoms with Crippen molar-refractivity contribution < 1.29 is 31.5 Å². The van der Waals surface area contributed by atoms with Crippen molar-refractivity contribution in [2.45, 2.75) is 43.3 Å². The molecule has 228 valence electrons. The van der Waals surface area contributed by atoms with E-state index in [4.69, 9.17) is 4.74 Å². The SMILES string of the molecule is Cc1ccc(F)c(Nc2c(C(=O)N3CCC4(CC3)COc3c(F)cccc34)cnc3c(C(=O)NS(=O)(=O)C4CC4)cnn23)c1. The first-order chi connectivity index (χ1) is 21.1. The summed E-state index contributed by atoms with van der Waals surface area (Å²) in [4.78, 5) is 32.9. The number of carbonyl (C=O) groups excluding carboxylic acids is 2. The molecular weight excluding hydrogens is 594 g/mol. The Balaban J connectivity index is 1.22. The molecule has 1 spiro atoms. The first kappa shape index (κ1) is 28.2. The van der Waals surface area contributed by atoms with Crippen LogP contribution in [-0.2, 0) is 15.4 Å². The number of rotatable bonds is 6. The monoisotopic (exact) mass is 622 g/mol. The van der Waals surface area contributed by atoms with Gasteiger partial charge in [-0.05, 0) is 56.4 Å². The van der Waals surface area contributed by atoms with E-state index in [1.807, 2.05) is 6.07 Å². The van der Waals surface area contributed by atoms with Crippen molar-refractivity contribution in [2.24, 2.45) is 0 Å². The zero-order valence-electron chi connectivity index (χ0n) is 23.6. The normalized spacial score (nSPS) is 17.4. The number of piperidine rings is 1. The lowest BCUT2D eigenvalue weighted by Crippen LogP contribution is -2.46. The van der Waals surface area contributed by atoms with Gasteiger partial charge < -0.3 is 15.0 Å². The highest BCUT2D eigenvalue weighted by Crippen LogP contribution is 2.46. The number of halogens is 2. The van der Waals surface area contributed by atoms with Crippen molar-refractivity contribution in [3.63, 3.8) is 0 Å². The van der Waals surface area contributed by atoms with E-state index in [2.05, 4.69) is 20.1 Å². The van der Waals surface area contributed by atoms with Gasteiger partial charge in [0.2, 0.25) is 10.0 Å². The van der Waals surface area contributed by atoms with Gasteiger partial charge in [-0.25, -0.2) is 26.9 Å². The molecule has 1 saturated carbocycles. The summed E-state index contributed by atoms with van der Waals surface area (Å²) in [5.74, 6) is -1.97. The molecule has 1 aliphatic carbocycles. The maximum absolute atomic E-state index is 14.9. The smallest absolute Gasteiger partial charge is 0.270 e. The molecule has 2 aromatic carbocycles. The predicted octanol–water partition coefficient (Wildman–Crippen LogP) is 3.85. The minimum absolute atomic E-state index is 0.0139. The summed E-state index contributed by atoms with van der Waals surface area (Å²) in [6.45, 7) is 2.81. The first-order valence-electron chi connectivity index (χ1n) is 14.2. The quantitative estimate of drug-likeness (QED) is 0.331. The van der Waals surface area contributed by atoms with Crippen LogP contribution in [0, 0.1) is 18.6 Å². The highest BCUT2D eigenvalue weighted by Gasteiger charge is 2.45. The maximum atomic E-state index is 14.9. The molecule has 4 aromatic rings. The summed E-state index contributed by atoms with van der Waals surface area (Å²) in [6.07, 6.45) is 4.47. The summed E-state index contributed by atoms with van der Waals surface area (Å²) in [5, 5.41) is 6.60. The van der Waals surface area contributed by atoms with Crippen molar-refractivity contribution in [3.8, 4) is 5.75 Å². The lowest BCUT2D eigenvalue weighted by Gasteiger charge is -2.38. The predicted molar refractivity (Wildman–Crippen MR) is 156 cm³/mol. The second kappa shape index (κ2) is 10.3. The first-order valence-corrected chi connectivity index (χ1v) is 15.8. The summed E-state index contributed by atoms with van der Waals surface area (Å²) in [7, 11) is -3.84. The molecule has 2 N–H and O–H groups in total. The van der Waals surface area contributed by atoms with E-state index in [9.17, 15) is 26.8 Å². The molecule has 4 heterocycles. The highest BCUT2D eigenvalue weighted by molar-refractivity contribution is 7.91. The van der Waals surface area contributed by atoms with Crippen LogP contribution in [0.2, 0.25) is 0 Å². The van der Waals surface area contributed by atoms with Crippen molar-refractivity contribution in [3.05, 3.63) is 82.7 Å². The molecule has 3 aliphatic rings. The van der Waals surface area contributed by atoms with E-state index in [1.54, 1.807) is 30.0 Å². The van der Waals surface area contributed by atoms with Gasteiger partial charge in [-0.3, -0.25) is 9.59 Å². The maximum Gasteiger partial charge on any atom is 0.270 e. The van der Waals surface area contributed by atoms with E-state index in [0.29, 0.717) is 45.4 Å². The van der Waals surface area contributed by atoms with Crippen LogP contribution in [0.5, 0.6) is 5.75 Å². The van der Waals surface area contributed by atoms with Gasteiger partial charge in [-0.1, -0.05) is 18.2 Å². The summed E-state index contributed by atoms with van der Waals surface area (Å²) in [6, 6.07) is 9.34. The number of aryl methyl sites for hydroxylation is 1. The van der Waals surface area contributed by atoms with Crippen molar-refractivity contribution in [2.75, 3.05) is 25.0 Å². The highest BCUT2D eigenvalue weighted by atomic mass is 32.2. The average Bonchev–Trinajstić information content (AvgIpc) is 3.69. The molecule has 44 heavy (non-hydrogen) atoms. The molecule has 0 atom stereocenters. The number of benzene rings is 2. The van der Waals surface area contributed by atoms with Gasteiger partial charge in [0, 0.05) is 30.3 Å². The van der Waals surface area contributed by atoms with E-state index < -0.39 is 44.1 Å². The zero-order valence-corrected chi connectivity index (χ0v) is 24.5. The number of carbonyl (C=O) groups is 2. The molecule has 14 heteroatoms. The number of likely N-dealkylation sites (tertiary alicyclic amines) is 1. The van der Waals surface area contributed by atoms with Crippen LogP contribution in [0.3, 0.4) is 0 Å². The van der Waals surface area contributed by atoms with Crippen LogP contribution in [0.4, 0.5) is 20.3 Å². The van der Waals surface area contributed by atoms with Crippen LogP contribution < -0.4 is 14.8 Å². The zero-order chi connectivity index (χ0) is 30.8. The molecule has 1 saturated heterocycles. The van der Waals surface area contributed by atoms with Gasteiger partial charge in [-0.2, -0.15) is 9.61 Å². The number of hydrogen-bond donors (Lipinski definition) is 2. The number of anilines is 2. The Morgan fingerprint density at radius 2 is 1.82 bits per heavy atom. The van der Waals surface area contributed by atoms with Gasteiger partial charge in [0.05, 0.1) is 23.7 Å². The summed E-state index contributed by atoms with van der Waals surface area (Å²) < 4.78 is 63.0. The fraction of sp³-hybridized carbons (Fsp3) is 0.333. The second-order valence-corrected chi connectivity index (χ2v) is 13.5. The minimum Gasteiger partial charge on any atom is -0.489 e. The lowest BCUT2D eigenvalue weighted by molar-refractivity contribution is 0.0646. The molecule has 11 nitrogen and oxygen atoms in total. The Labute approximate surface area is 251 Å². The number of fused-ring (bicyclic) bond motifs is 3. The van der Waals surface area contributed by atoms with Crippen LogP contribution in [-0.4, -0.2) is 64.7 Å².